The van der Waals surface area contributed by atoms with Crippen molar-refractivity contribution in [1.29, 1.82) is 0 Å². The van der Waals surface area contributed by atoms with Crippen molar-refractivity contribution in [1.82, 2.24) is 20.2 Å². The lowest BCUT2D eigenvalue weighted by atomic mass is 10.1. The summed E-state index contributed by atoms with van der Waals surface area (Å²) in [5.41, 5.74) is 5.85. The fourth-order valence-corrected chi connectivity index (χ4v) is 3.00. The van der Waals surface area contributed by atoms with E-state index >= 15 is 0 Å². The molecule has 1 aromatic heterocycles. The molecule has 0 aromatic carbocycles. The average Bonchev–Trinajstić information content (AvgIpc) is 3.29. The van der Waals surface area contributed by atoms with Crippen molar-refractivity contribution in [3.05, 3.63) is 18.2 Å². The molecule has 0 spiro atoms. The highest BCUT2D eigenvalue weighted by Gasteiger charge is 2.37. The van der Waals surface area contributed by atoms with Crippen LogP contribution in [0.15, 0.2) is 12.5 Å². The van der Waals surface area contributed by atoms with E-state index in [1.165, 1.54) is 11.2 Å². The molecule has 2 heterocycles. The molecule has 3 atom stereocenters. The molecule has 11 heteroatoms. The largest absolute Gasteiger partial charge is 0.481 e. The standard InChI is InChI=1S/C16H23N5O6/c17-14(25)11-2-1-5-21(11)16(27)10(6-9-7-18-8-19-9)20-15(26)12(22)3-4-13(23)24/h7-8,10-12,22H,1-6H2,(H2,17,25)(H,18,19)(H,20,26)(H,23,24). The molecule has 1 aliphatic heterocycles. The minimum Gasteiger partial charge on any atom is -0.481 e. The van der Waals surface area contributed by atoms with Gasteiger partial charge in [-0.1, -0.05) is 0 Å². The number of aromatic nitrogens is 2. The van der Waals surface area contributed by atoms with Gasteiger partial charge < -0.3 is 31.1 Å². The molecule has 11 nitrogen and oxygen atoms in total. The molecule has 1 aromatic rings. The van der Waals surface area contributed by atoms with E-state index in [1.807, 2.05) is 0 Å². The summed E-state index contributed by atoms with van der Waals surface area (Å²) in [5, 5.41) is 20.9. The molecule has 1 saturated heterocycles. The number of carboxylic acid groups (broad SMARTS) is 1. The second kappa shape index (κ2) is 9.12. The number of aliphatic hydroxyl groups is 1. The van der Waals surface area contributed by atoms with Gasteiger partial charge >= 0.3 is 5.97 Å². The highest BCUT2D eigenvalue weighted by molar-refractivity contribution is 5.93. The summed E-state index contributed by atoms with van der Waals surface area (Å²) in [6.07, 6.45) is 1.85. The second-order valence-corrected chi connectivity index (χ2v) is 6.37. The van der Waals surface area contributed by atoms with E-state index in [9.17, 15) is 24.3 Å². The molecule has 3 amide bonds. The molecule has 148 valence electrons. The fourth-order valence-electron chi connectivity index (χ4n) is 3.00. The topological polar surface area (TPSA) is 179 Å². The molecule has 6 N–H and O–H groups in total. The summed E-state index contributed by atoms with van der Waals surface area (Å²) in [7, 11) is 0. The van der Waals surface area contributed by atoms with Gasteiger partial charge in [0.05, 0.1) is 12.0 Å². The van der Waals surface area contributed by atoms with E-state index in [-0.39, 0.29) is 19.3 Å². The van der Waals surface area contributed by atoms with E-state index in [2.05, 4.69) is 15.3 Å². The summed E-state index contributed by atoms with van der Waals surface area (Å²) in [6, 6.07) is -1.81. The number of nitrogens with two attached hydrogens (primary N) is 1. The van der Waals surface area contributed by atoms with Crippen molar-refractivity contribution < 1.29 is 29.4 Å². The number of aliphatic hydroxyl groups excluding tert-OH is 1. The van der Waals surface area contributed by atoms with Crippen LogP contribution < -0.4 is 11.1 Å². The summed E-state index contributed by atoms with van der Waals surface area (Å²) >= 11 is 0. The van der Waals surface area contributed by atoms with Crippen molar-refractivity contribution in [3.63, 3.8) is 0 Å². The maximum atomic E-state index is 12.9. The lowest BCUT2D eigenvalue weighted by molar-refractivity contribution is -0.142. The first-order valence-electron chi connectivity index (χ1n) is 8.57. The minimum absolute atomic E-state index is 0.0434. The number of H-pyrrole nitrogens is 1. The number of nitrogens with zero attached hydrogens (tertiary/aromatic N) is 2. The molecule has 0 bridgehead atoms. The van der Waals surface area contributed by atoms with Gasteiger partial charge in [0.15, 0.2) is 0 Å². The number of carboxylic acids is 1. The van der Waals surface area contributed by atoms with Gasteiger partial charge in [0.2, 0.25) is 17.7 Å². The molecule has 1 fully saturated rings. The third kappa shape index (κ3) is 5.51. The van der Waals surface area contributed by atoms with Crippen LogP contribution in [0.5, 0.6) is 0 Å². The molecule has 27 heavy (non-hydrogen) atoms. The van der Waals surface area contributed by atoms with Gasteiger partial charge in [0.1, 0.15) is 18.2 Å². The molecule has 0 saturated carbocycles. The Morgan fingerprint density at radius 2 is 2.15 bits per heavy atom. The van der Waals surface area contributed by atoms with Gasteiger partial charge in [-0.05, 0) is 19.3 Å². The normalized spacial score (nSPS) is 18.7. The average molecular weight is 381 g/mol. The maximum absolute atomic E-state index is 12.9. The number of likely N-dealkylation sites (tertiary alicyclic amines) is 1. The highest BCUT2D eigenvalue weighted by atomic mass is 16.4. The van der Waals surface area contributed by atoms with Crippen LogP contribution in [0.4, 0.5) is 0 Å². The van der Waals surface area contributed by atoms with Crippen molar-refractivity contribution in [2.45, 2.75) is 50.3 Å². The zero-order chi connectivity index (χ0) is 20.0. The molecule has 1 aliphatic rings. The van der Waals surface area contributed by atoms with Crippen molar-refractivity contribution >= 4 is 23.7 Å². The molecule has 0 aliphatic carbocycles. The predicted octanol–water partition coefficient (Wildman–Crippen LogP) is -1.86. The van der Waals surface area contributed by atoms with Gasteiger partial charge in [-0.2, -0.15) is 0 Å². The third-order valence-electron chi connectivity index (χ3n) is 4.38. The predicted molar refractivity (Wildman–Crippen MR) is 91.0 cm³/mol. The summed E-state index contributed by atoms with van der Waals surface area (Å²) in [4.78, 5) is 55.3. The van der Waals surface area contributed by atoms with E-state index < -0.39 is 41.9 Å². The maximum Gasteiger partial charge on any atom is 0.303 e. The number of rotatable bonds is 9. The van der Waals surface area contributed by atoms with Crippen LogP contribution in [-0.2, 0) is 25.6 Å². The van der Waals surface area contributed by atoms with Crippen LogP contribution in [0.2, 0.25) is 0 Å². The fraction of sp³-hybridized carbons (Fsp3) is 0.562. The zero-order valence-electron chi connectivity index (χ0n) is 14.6. The Balaban J connectivity index is 2.11. The summed E-state index contributed by atoms with van der Waals surface area (Å²) < 4.78 is 0. The minimum atomic E-state index is -1.57. The van der Waals surface area contributed by atoms with Crippen molar-refractivity contribution in [3.8, 4) is 0 Å². The lowest BCUT2D eigenvalue weighted by Crippen LogP contribution is -2.55. The molecular weight excluding hydrogens is 358 g/mol. The van der Waals surface area contributed by atoms with E-state index in [0.29, 0.717) is 25.1 Å². The smallest absolute Gasteiger partial charge is 0.303 e. The van der Waals surface area contributed by atoms with E-state index in [1.54, 1.807) is 6.20 Å². The number of aromatic amines is 1. The zero-order valence-corrected chi connectivity index (χ0v) is 14.6. The number of imidazole rings is 1. The van der Waals surface area contributed by atoms with Crippen molar-refractivity contribution in [2.24, 2.45) is 5.73 Å². The van der Waals surface area contributed by atoms with Gasteiger partial charge in [0, 0.05) is 25.6 Å². The van der Waals surface area contributed by atoms with E-state index in [0.717, 1.165) is 0 Å². The Morgan fingerprint density at radius 3 is 2.74 bits per heavy atom. The van der Waals surface area contributed by atoms with Crippen LogP contribution >= 0.6 is 0 Å². The SMILES string of the molecule is NC(=O)C1CCCN1C(=O)C(Cc1c[nH]cn1)NC(=O)C(O)CCC(=O)O. The number of nitrogens with one attached hydrogen (secondary N) is 2. The van der Waals surface area contributed by atoms with Crippen LogP contribution in [-0.4, -0.2) is 73.5 Å². The Bertz CT molecular complexity index is 691. The van der Waals surface area contributed by atoms with E-state index in [4.69, 9.17) is 10.8 Å². The monoisotopic (exact) mass is 381 g/mol. The van der Waals surface area contributed by atoms with Crippen molar-refractivity contribution in [2.75, 3.05) is 6.54 Å². The number of primary amides is 1. The molecule has 2 rings (SSSR count). The quantitative estimate of drug-likeness (QED) is 0.333. The number of hydrogen-bond acceptors (Lipinski definition) is 6. The third-order valence-corrected chi connectivity index (χ3v) is 4.38. The molecular formula is C16H23N5O6. The van der Waals surface area contributed by atoms with Gasteiger partial charge in [-0.3, -0.25) is 19.2 Å². The first-order chi connectivity index (χ1) is 12.8. The van der Waals surface area contributed by atoms with Crippen LogP contribution in [0.1, 0.15) is 31.4 Å². The van der Waals surface area contributed by atoms with Crippen LogP contribution in [0, 0.1) is 0 Å². The number of aliphatic carboxylic acids is 1. The number of carbonyl (C=O) groups is 4. The summed E-state index contributed by atoms with van der Waals surface area (Å²) in [5.74, 6) is -3.13. The van der Waals surface area contributed by atoms with Crippen LogP contribution in [0.3, 0.4) is 0 Å². The number of amides is 3. The van der Waals surface area contributed by atoms with Gasteiger partial charge in [-0.15, -0.1) is 0 Å². The first-order valence-corrected chi connectivity index (χ1v) is 8.57. The lowest BCUT2D eigenvalue weighted by Gasteiger charge is -2.28. The molecule has 0 radical (unpaired) electrons. The van der Waals surface area contributed by atoms with Gasteiger partial charge in [0.25, 0.3) is 0 Å². The summed E-state index contributed by atoms with van der Waals surface area (Å²) in [6.45, 7) is 0.334. The molecule has 3 unspecified atom stereocenters. The van der Waals surface area contributed by atoms with Gasteiger partial charge in [-0.25, -0.2) is 4.98 Å². The second-order valence-electron chi connectivity index (χ2n) is 6.37. The van der Waals surface area contributed by atoms with Crippen LogP contribution in [0.25, 0.3) is 0 Å². The Hall–Kier alpha value is -2.95. The Labute approximate surface area is 154 Å². The number of hydrogen-bond donors (Lipinski definition) is 5. The first kappa shape index (κ1) is 20.4. The Kier molecular flexibility index (Phi) is 6.88. The Morgan fingerprint density at radius 1 is 1.41 bits per heavy atom. The number of carbonyl (C=O) groups excluding carboxylic acids is 3. The highest BCUT2D eigenvalue weighted by Crippen LogP contribution is 2.19.